The number of halogens is 2. The van der Waals surface area contributed by atoms with Gasteiger partial charge >= 0.3 is 24.1 Å². The molecule has 2 saturated carbocycles. The molecule has 32 heavy (non-hydrogen) atoms. The largest absolute Gasteiger partial charge is 0.453 e. The maximum atomic E-state index is 11.5. The Morgan fingerprint density at radius 3 is 1.38 bits per heavy atom. The van der Waals surface area contributed by atoms with Crippen molar-refractivity contribution in [1.29, 1.82) is 0 Å². The summed E-state index contributed by atoms with van der Waals surface area (Å²) in [4.78, 5) is 45.9. The van der Waals surface area contributed by atoms with Crippen LogP contribution in [0.15, 0.2) is 0 Å². The number of carbonyl (C=O) groups excluding carboxylic acids is 4. The minimum absolute atomic E-state index is 0.212. The number of carbonyl (C=O) groups is 4. The molecule has 2 aliphatic rings. The Kier molecular flexibility index (Phi) is 9.88. The molecule has 2 amide bonds. The smallest absolute Gasteiger partial charge is 0.408 e. The first kappa shape index (κ1) is 28.5. The lowest BCUT2D eigenvalue weighted by atomic mass is 10.2. The van der Waals surface area contributed by atoms with E-state index in [4.69, 9.17) is 25.8 Å². The van der Waals surface area contributed by atoms with Crippen LogP contribution < -0.4 is 10.6 Å². The molecule has 2 N–H and O–H groups in total. The lowest BCUT2D eigenvalue weighted by molar-refractivity contribution is -0.145. The molecule has 12 heteroatoms. The van der Waals surface area contributed by atoms with Crippen LogP contribution in [-0.2, 0) is 28.5 Å². The maximum Gasteiger partial charge on any atom is 0.408 e. The number of hydrogen-bond donors (Lipinski definition) is 2. The predicted octanol–water partition coefficient (Wildman–Crippen LogP) is 3.76. The first-order valence-electron chi connectivity index (χ1n) is 10.1. The average Bonchev–Trinajstić information content (AvgIpc) is 3.50. The standard InChI is InChI=1S/C10H16ClNO4.C10H16INO4/c2*1-9(2,3)16-8(14)12-10(4-5-10)7(13)15-6-11/h2*4-6H2,1-3H3,(H,12,14). The number of rotatable bonds is 6. The quantitative estimate of drug-likeness (QED) is 0.207. The Balaban J connectivity index is 0.000000320. The van der Waals surface area contributed by atoms with Crippen molar-refractivity contribution in [3.8, 4) is 0 Å². The van der Waals surface area contributed by atoms with Gasteiger partial charge in [-0.05, 0) is 89.8 Å². The van der Waals surface area contributed by atoms with Gasteiger partial charge in [-0.15, -0.1) is 0 Å². The number of hydrogen-bond acceptors (Lipinski definition) is 8. The molecule has 0 aliphatic heterocycles. The fourth-order valence-corrected chi connectivity index (χ4v) is 2.77. The summed E-state index contributed by atoms with van der Waals surface area (Å²) in [5.74, 6) is -0.888. The van der Waals surface area contributed by atoms with Crippen LogP contribution in [0.5, 0.6) is 0 Å². The van der Waals surface area contributed by atoms with E-state index in [2.05, 4.69) is 15.4 Å². The van der Waals surface area contributed by atoms with Gasteiger partial charge in [-0.2, -0.15) is 0 Å². The highest BCUT2D eigenvalue weighted by molar-refractivity contribution is 14.1. The number of alkyl carbamates (subject to hydrolysis) is 2. The van der Waals surface area contributed by atoms with Gasteiger partial charge < -0.3 is 29.6 Å². The van der Waals surface area contributed by atoms with Gasteiger partial charge in [-0.3, -0.25) is 0 Å². The molecular weight excluding hydrogens is 559 g/mol. The Labute approximate surface area is 206 Å². The third-order valence-corrected chi connectivity index (χ3v) is 4.55. The molecular formula is C20H32ClIN2O8. The Bertz CT molecular complexity index is 649. The summed E-state index contributed by atoms with van der Waals surface area (Å²) < 4.78 is 20.0. The van der Waals surface area contributed by atoms with Crippen molar-refractivity contribution in [2.75, 3.05) is 10.7 Å². The van der Waals surface area contributed by atoms with Gasteiger partial charge in [0.15, 0.2) is 6.07 Å². The second-order valence-electron chi connectivity index (χ2n) is 9.50. The number of amides is 2. The Hall–Kier alpha value is -1.50. The summed E-state index contributed by atoms with van der Waals surface area (Å²) >= 11 is 7.23. The third kappa shape index (κ3) is 9.97. The summed E-state index contributed by atoms with van der Waals surface area (Å²) in [7, 11) is 0. The van der Waals surface area contributed by atoms with E-state index in [0.29, 0.717) is 25.7 Å². The van der Waals surface area contributed by atoms with E-state index in [1.165, 1.54) is 0 Å². The first-order valence-corrected chi connectivity index (χ1v) is 12.1. The van der Waals surface area contributed by atoms with Crippen LogP contribution in [0, 0.1) is 0 Å². The van der Waals surface area contributed by atoms with E-state index < -0.39 is 40.4 Å². The topological polar surface area (TPSA) is 129 Å². The van der Waals surface area contributed by atoms with Crippen molar-refractivity contribution < 1.29 is 38.1 Å². The van der Waals surface area contributed by atoms with E-state index >= 15 is 0 Å². The summed E-state index contributed by atoms with van der Waals surface area (Å²) in [5.41, 5.74) is -2.91. The van der Waals surface area contributed by atoms with Gasteiger partial charge in [0.05, 0.1) is 0 Å². The van der Waals surface area contributed by atoms with Crippen molar-refractivity contribution in [1.82, 2.24) is 10.6 Å². The van der Waals surface area contributed by atoms with Crippen LogP contribution >= 0.6 is 34.2 Å². The SMILES string of the molecule is CC(C)(C)OC(=O)NC1(C(=O)OCCl)CC1.CC(C)(C)OC(=O)NC1(C(=O)OCI)CC1. The van der Waals surface area contributed by atoms with Crippen molar-refractivity contribution in [2.24, 2.45) is 0 Å². The highest BCUT2D eigenvalue weighted by Crippen LogP contribution is 2.37. The summed E-state index contributed by atoms with van der Waals surface area (Å²) in [6.45, 7) is 10.6. The molecule has 2 fully saturated rings. The van der Waals surface area contributed by atoms with Crippen LogP contribution in [0.4, 0.5) is 9.59 Å². The minimum atomic E-state index is -0.919. The molecule has 0 spiro atoms. The van der Waals surface area contributed by atoms with Crippen LogP contribution in [-0.4, -0.2) is 57.1 Å². The van der Waals surface area contributed by atoms with Gasteiger partial charge in [0, 0.05) is 0 Å². The summed E-state index contributed by atoms with van der Waals surface area (Å²) in [5, 5.41) is 5.08. The van der Waals surface area contributed by atoms with Crippen molar-refractivity contribution in [2.45, 2.75) is 89.5 Å². The average molecular weight is 591 g/mol. The highest BCUT2D eigenvalue weighted by Gasteiger charge is 2.54. The van der Waals surface area contributed by atoms with E-state index in [1.54, 1.807) is 41.5 Å². The zero-order chi connectivity index (χ0) is 24.8. The molecule has 2 aliphatic carbocycles. The molecule has 0 heterocycles. The minimum Gasteiger partial charge on any atom is -0.453 e. The molecule has 0 aromatic heterocycles. The molecule has 2 rings (SSSR count). The molecule has 10 nitrogen and oxygen atoms in total. The summed E-state index contributed by atoms with van der Waals surface area (Å²) in [6.07, 6.45) is 1.15. The molecule has 0 radical (unpaired) electrons. The lowest BCUT2D eigenvalue weighted by Crippen LogP contribution is -2.46. The molecule has 0 unspecified atom stereocenters. The van der Waals surface area contributed by atoms with E-state index in [0.717, 1.165) is 0 Å². The number of alkyl halides is 2. The Morgan fingerprint density at radius 1 is 0.781 bits per heavy atom. The molecule has 0 aromatic carbocycles. The Morgan fingerprint density at radius 2 is 1.12 bits per heavy atom. The molecule has 0 aromatic rings. The van der Waals surface area contributed by atoms with E-state index in [-0.39, 0.29) is 16.6 Å². The van der Waals surface area contributed by atoms with Crippen LogP contribution in [0.3, 0.4) is 0 Å². The van der Waals surface area contributed by atoms with Crippen LogP contribution in [0.1, 0.15) is 67.2 Å². The zero-order valence-electron chi connectivity index (χ0n) is 19.3. The highest BCUT2D eigenvalue weighted by atomic mass is 127. The monoisotopic (exact) mass is 590 g/mol. The van der Waals surface area contributed by atoms with Crippen molar-refractivity contribution in [3.63, 3.8) is 0 Å². The first-order chi connectivity index (χ1) is 14.6. The molecule has 184 valence electrons. The van der Waals surface area contributed by atoms with Gasteiger partial charge in [-0.25, -0.2) is 19.2 Å². The fraction of sp³-hybridized carbons (Fsp3) is 0.800. The van der Waals surface area contributed by atoms with Gasteiger partial charge in [0.2, 0.25) is 0 Å². The van der Waals surface area contributed by atoms with Crippen molar-refractivity contribution >= 4 is 58.3 Å². The van der Waals surface area contributed by atoms with E-state index in [9.17, 15) is 19.2 Å². The van der Waals surface area contributed by atoms with Crippen molar-refractivity contribution in [3.05, 3.63) is 0 Å². The number of nitrogens with one attached hydrogen (secondary N) is 2. The van der Waals surface area contributed by atoms with Gasteiger partial charge in [0.25, 0.3) is 0 Å². The molecule has 0 atom stereocenters. The maximum absolute atomic E-state index is 11.5. The second-order valence-corrected chi connectivity index (χ2v) is 10.3. The van der Waals surface area contributed by atoms with Crippen LogP contribution in [0.25, 0.3) is 0 Å². The molecule has 0 bridgehead atoms. The van der Waals surface area contributed by atoms with Gasteiger partial charge in [-0.1, -0.05) is 11.6 Å². The van der Waals surface area contributed by atoms with E-state index in [1.807, 2.05) is 22.6 Å². The normalized spacial score (nSPS) is 17.5. The van der Waals surface area contributed by atoms with Crippen LogP contribution in [0.2, 0.25) is 0 Å². The third-order valence-electron chi connectivity index (χ3n) is 4.13. The number of ether oxygens (including phenoxy) is 4. The lowest BCUT2D eigenvalue weighted by Gasteiger charge is -2.22. The zero-order valence-corrected chi connectivity index (χ0v) is 22.2. The predicted molar refractivity (Wildman–Crippen MR) is 124 cm³/mol. The molecule has 0 saturated heterocycles. The van der Waals surface area contributed by atoms with Gasteiger partial charge in [0.1, 0.15) is 26.9 Å². The number of esters is 2. The second kappa shape index (κ2) is 11.1. The summed E-state index contributed by atoms with van der Waals surface area (Å²) in [6, 6.07) is -0.212. The fourth-order valence-electron chi connectivity index (χ4n) is 2.38.